The number of hydrogen-bond acceptors (Lipinski definition) is 5. The molecule has 6 aromatic carbocycles. The van der Waals surface area contributed by atoms with Crippen molar-refractivity contribution in [2.45, 2.75) is 27.7 Å². The molecule has 0 saturated heterocycles. The normalized spacial score (nSPS) is 15.4. The van der Waals surface area contributed by atoms with Crippen molar-refractivity contribution in [3.63, 3.8) is 0 Å². The van der Waals surface area contributed by atoms with Gasteiger partial charge in [0.2, 0.25) is 0 Å². The van der Waals surface area contributed by atoms with E-state index in [4.69, 9.17) is 0 Å². The predicted molar refractivity (Wildman–Crippen MR) is 264 cm³/mol. The molecule has 4 nitrogen and oxygen atoms in total. The number of thiol groups is 1. The van der Waals surface area contributed by atoms with Crippen molar-refractivity contribution in [3.05, 3.63) is 237 Å². The van der Waals surface area contributed by atoms with Crippen molar-refractivity contribution in [1.82, 2.24) is 0 Å². The van der Waals surface area contributed by atoms with E-state index in [0.29, 0.717) is 11.4 Å². The van der Waals surface area contributed by atoms with Crippen LogP contribution in [0.5, 0.6) is 0 Å². The predicted octanol–water partition coefficient (Wildman–Crippen LogP) is 13.6. The molecule has 8 rings (SSSR count). The maximum atomic E-state index is 9.41. The summed E-state index contributed by atoms with van der Waals surface area (Å²) in [5.74, 6) is 0. The largest absolute Gasteiger partial charge is 0.310 e. The number of aryl methyl sites for hydroxylation is 4. The second-order valence-corrected chi connectivity index (χ2v) is 15.8. The number of allylic oxidation sites excluding steroid dienone is 8. The van der Waals surface area contributed by atoms with Crippen molar-refractivity contribution < 1.29 is 0 Å². The lowest BCUT2D eigenvalue weighted by Gasteiger charge is -2.32. The summed E-state index contributed by atoms with van der Waals surface area (Å²) in [6.45, 7) is 8.36. The van der Waals surface area contributed by atoms with Gasteiger partial charge in [0.15, 0.2) is 0 Å². The van der Waals surface area contributed by atoms with Gasteiger partial charge < -0.3 is 9.80 Å². The Bertz CT molecular complexity index is 2500. The van der Waals surface area contributed by atoms with Crippen LogP contribution in [0.25, 0.3) is 22.3 Å². The number of nitrogens with one attached hydrogen (secondary N) is 2. The summed E-state index contributed by atoms with van der Waals surface area (Å²) in [5.41, 5.74) is 18.8. The maximum absolute atomic E-state index is 9.41. The van der Waals surface area contributed by atoms with E-state index in [2.05, 4.69) is 227 Å². The molecule has 2 aliphatic carbocycles. The van der Waals surface area contributed by atoms with Gasteiger partial charge in [0, 0.05) is 39.5 Å². The van der Waals surface area contributed by atoms with E-state index < -0.39 is 0 Å². The molecule has 0 bridgehead atoms. The van der Waals surface area contributed by atoms with E-state index in [0.717, 1.165) is 78.7 Å². The van der Waals surface area contributed by atoms with Gasteiger partial charge in [0.25, 0.3) is 0 Å². The second-order valence-electron chi connectivity index (χ2n) is 15.3. The van der Waals surface area contributed by atoms with E-state index in [1.165, 1.54) is 22.3 Å². The number of nitrogens with zero attached hydrogens (tertiary/aromatic N) is 2. The minimum atomic E-state index is 0.418. The van der Waals surface area contributed by atoms with Crippen LogP contribution in [0, 0.1) is 38.5 Å². The second kappa shape index (κ2) is 17.3. The molecule has 60 heavy (non-hydrogen) atoms. The molecule has 0 atom stereocenters. The van der Waals surface area contributed by atoms with Gasteiger partial charge in [-0.3, -0.25) is 10.8 Å². The lowest BCUT2D eigenvalue weighted by atomic mass is 9.88. The summed E-state index contributed by atoms with van der Waals surface area (Å²) in [6, 6.07) is 50.7. The van der Waals surface area contributed by atoms with Crippen molar-refractivity contribution in [2.75, 3.05) is 9.80 Å². The molecule has 0 radical (unpaired) electrons. The Morgan fingerprint density at radius 1 is 0.400 bits per heavy atom. The highest BCUT2D eigenvalue weighted by molar-refractivity contribution is 7.83. The average molecular weight is 816 g/mol. The lowest BCUT2D eigenvalue weighted by Crippen LogP contribution is -2.23. The van der Waals surface area contributed by atoms with Crippen LogP contribution >= 0.6 is 12.6 Å². The van der Waals surface area contributed by atoms with E-state index in [9.17, 15) is 10.8 Å². The first-order chi connectivity index (χ1) is 29.1. The van der Waals surface area contributed by atoms with E-state index >= 15 is 0 Å². The third kappa shape index (κ3) is 8.04. The van der Waals surface area contributed by atoms with Crippen LogP contribution in [-0.2, 0) is 12.6 Å². The fraction of sp³-hybridized carbons (Fsp3) is 0.0741. The summed E-state index contributed by atoms with van der Waals surface area (Å²) in [4.78, 5) is 4.40. The van der Waals surface area contributed by atoms with Crippen molar-refractivity contribution in [2.24, 2.45) is 0 Å². The van der Waals surface area contributed by atoms with Crippen molar-refractivity contribution >= 4 is 70.6 Å². The summed E-state index contributed by atoms with van der Waals surface area (Å²) >= 11 is 8.32. The standard InChI is InChI=1S/C54H46N4S2/c1-35-5-21-43(22-6-35)57(44-23-7-36(2)8-24-44)51-31-29-47(53(55)49(51)33-59)41-17-13-39(14-18-41)40-15-19-42(20-16-40)48-30-32-52(50(34-60)54(48)56)58(45-25-9-37(3)10-26-45)46-27-11-38(4)12-28-46/h5-34,55-56,59-60H,1-4H3/p+1/b49-33-,50-34-,55-53?,56-54?. The average Bonchev–Trinajstić information content (AvgIpc) is 3.27. The molecular formula is C54H47N4S2+. The molecule has 0 amide bonds. The van der Waals surface area contributed by atoms with Crippen molar-refractivity contribution in [1.29, 1.82) is 10.8 Å². The zero-order valence-electron chi connectivity index (χ0n) is 34.2. The highest BCUT2D eigenvalue weighted by Gasteiger charge is 2.28. The minimum absolute atomic E-state index is 0.418. The van der Waals surface area contributed by atoms with Gasteiger partial charge in [-0.2, -0.15) is 12.6 Å². The maximum Gasteiger partial charge on any atom is 0.126 e. The van der Waals surface area contributed by atoms with Gasteiger partial charge in [0.05, 0.1) is 28.4 Å². The third-order valence-corrected chi connectivity index (χ3v) is 11.6. The number of hydrogen-bond donors (Lipinski definition) is 3. The fourth-order valence-corrected chi connectivity index (χ4v) is 8.23. The fourth-order valence-electron chi connectivity index (χ4n) is 7.68. The van der Waals surface area contributed by atoms with Crippen LogP contribution in [0.2, 0.25) is 0 Å². The number of benzene rings is 6. The first-order valence-corrected chi connectivity index (χ1v) is 21.1. The van der Waals surface area contributed by atoms with Crippen LogP contribution in [0.15, 0.2) is 203 Å². The molecule has 6 heteroatoms. The Morgan fingerprint density at radius 3 is 0.983 bits per heavy atom. The lowest BCUT2D eigenvalue weighted by molar-refractivity contribution is 1.18. The van der Waals surface area contributed by atoms with Crippen LogP contribution in [0.3, 0.4) is 0 Å². The molecule has 0 heterocycles. The van der Waals surface area contributed by atoms with Gasteiger partial charge in [0.1, 0.15) is 5.41 Å². The summed E-state index contributed by atoms with van der Waals surface area (Å²) in [5, 5.41) is 22.4. The molecule has 6 aromatic rings. The zero-order chi connectivity index (χ0) is 41.9. The molecule has 0 fully saturated rings. The molecule has 0 aromatic heterocycles. The Kier molecular flexibility index (Phi) is 11.6. The zero-order valence-corrected chi connectivity index (χ0v) is 36.1. The van der Waals surface area contributed by atoms with Gasteiger partial charge in [-0.25, -0.2) is 0 Å². The SMILES string of the molecule is Cc1ccc(N(C2=CC=C(c3ccc(-c4ccc(C5=CC=C(N(c6ccc(C)cc6)c6ccc(C)cc6)/C(=C/[SH2+])C5=N)cc4)cc3)C(=N)/C2=C\S)c2ccc(C)cc2)cc1. The summed E-state index contributed by atoms with van der Waals surface area (Å²) in [6.07, 6.45) is 8.30. The monoisotopic (exact) mass is 815 g/mol. The minimum Gasteiger partial charge on any atom is -0.310 e. The summed E-state index contributed by atoms with van der Waals surface area (Å²) in [7, 11) is 0. The van der Waals surface area contributed by atoms with E-state index in [-0.39, 0.29) is 0 Å². The van der Waals surface area contributed by atoms with E-state index in [1.807, 2.05) is 11.5 Å². The molecule has 2 N–H and O–H groups in total. The topological polar surface area (TPSA) is 54.2 Å². The molecule has 0 unspecified atom stereocenters. The number of rotatable bonds is 9. The molecule has 0 spiro atoms. The Labute approximate surface area is 364 Å². The Balaban J connectivity index is 1.06. The number of anilines is 4. The molecule has 0 aliphatic heterocycles. The Morgan fingerprint density at radius 2 is 0.683 bits per heavy atom. The van der Waals surface area contributed by atoms with Crippen LogP contribution in [-0.4, -0.2) is 11.4 Å². The molecule has 0 saturated carbocycles. The van der Waals surface area contributed by atoms with Crippen LogP contribution in [0.4, 0.5) is 22.7 Å². The van der Waals surface area contributed by atoms with Crippen LogP contribution in [0.1, 0.15) is 33.4 Å². The van der Waals surface area contributed by atoms with Gasteiger partial charge in [-0.05, 0) is 129 Å². The molecular weight excluding hydrogens is 769 g/mol. The van der Waals surface area contributed by atoms with Gasteiger partial charge in [-0.1, -0.05) is 131 Å². The quantitative estimate of drug-likeness (QED) is 0.101. The van der Waals surface area contributed by atoms with E-state index in [1.54, 1.807) is 5.41 Å². The van der Waals surface area contributed by atoms with Crippen LogP contribution < -0.4 is 9.80 Å². The molecule has 294 valence electrons. The highest BCUT2D eigenvalue weighted by atomic mass is 32.1. The Hall–Kier alpha value is -6.60. The first kappa shape index (κ1) is 40.2. The third-order valence-electron chi connectivity index (χ3n) is 11.1. The smallest absolute Gasteiger partial charge is 0.126 e. The van der Waals surface area contributed by atoms with Crippen molar-refractivity contribution in [3.8, 4) is 11.1 Å². The van der Waals surface area contributed by atoms with Gasteiger partial charge in [-0.15, -0.1) is 0 Å². The highest BCUT2D eigenvalue weighted by Crippen LogP contribution is 2.40. The van der Waals surface area contributed by atoms with Gasteiger partial charge >= 0.3 is 0 Å². The summed E-state index contributed by atoms with van der Waals surface area (Å²) < 4.78 is 0. The first-order valence-electron chi connectivity index (χ1n) is 20.0. The molecule has 2 aliphatic rings.